The van der Waals surface area contributed by atoms with Gasteiger partial charge in [0, 0.05) is 13.2 Å². The second-order valence-corrected chi connectivity index (χ2v) is 20.9. The van der Waals surface area contributed by atoms with Gasteiger partial charge in [-0.25, -0.2) is 0 Å². The number of hydrogen-bond donors (Lipinski definition) is 0. The number of phosphoric ester groups is 1. The third-order valence-corrected chi connectivity index (χ3v) is 12.6. The molecule has 0 aromatic heterocycles. The van der Waals surface area contributed by atoms with Crippen LogP contribution in [0.2, 0.25) is 0 Å². The Balaban J connectivity index is 4.25. The zero-order valence-corrected chi connectivity index (χ0v) is 40.2. The van der Waals surface area contributed by atoms with E-state index in [9.17, 15) is 9.46 Å². The lowest BCUT2D eigenvalue weighted by molar-refractivity contribution is -0.870. The first-order valence-electron chi connectivity index (χ1n) is 24.3. The zero-order chi connectivity index (χ0) is 41.8. The van der Waals surface area contributed by atoms with Gasteiger partial charge in [-0.05, 0) is 36.5 Å². The number of nitrogens with zero attached hydrogens (tertiary/aromatic N) is 1. The Morgan fingerprint density at radius 1 is 0.482 bits per heavy atom. The average Bonchev–Trinajstić information content (AvgIpc) is 3.12. The lowest BCUT2D eigenvalue weighted by atomic mass is 9.91. The largest absolute Gasteiger partial charge is 0.756 e. The molecule has 0 heterocycles. The highest BCUT2D eigenvalue weighted by atomic mass is 31.2. The van der Waals surface area contributed by atoms with Crippen LogP contribution in [0.5, 0.6) is 0 Å². The highest BCUT2D eigenvalue weighted by molar-refractivity contribution is 7.45. The van der Waals surface area contributed by atoms with Crippen molar-refractivity contribution in [2.24, 2.45) is 23.7 Å². The van der Waals surface area contributed by atoms with E-state index in [4.69, 9.17) is 18.5 Å². The minimum absolute atomic E-state index is 0.0769. The topological polar surface area (TPSA) is 77.1 Å². The fraction of sp³-hybridized carbons (Fsp3) is 1.00. The van der Waals surface area contributed by atoms with E-state index in [0.717, 1.165) is 30.6 Å². The van der Waals surface area contributed by atoms with Crippen LogP contribution >= 0.6 is 7.82 Å². The van der Waals surface area contributed by atoms with E-state index in [0.29, 0.717) is 36.8 Å². The predicted molar refractivity (Wildman–Crippen MR) is 240 cm³/mol. The van der Waals surface area contributed by atoms with Crippen molar-refractivity contribution in [3.8, 4) is 0 Å². The second kappa shape index (κ2) is 38.0. The van der Waals surface area contributed by atoms with Gasteiger partial charge in [0.05, 0.1) is 34.4 Å². The van der Waals surface area contributed by atoms with Gasteiger partial charge in [0.15, 0.2) is 0 Å². The summed E-state index contributed by atoms with van der Waals surface area (Å²) in [5.41, 5.74) is 0. The normalized spacial score (nSPS) is 15.6. The van der Waals surface area contributed by atoms with Crippen LogP contribution in [0, 0.1) is 23.7 Å². The SMILES string of the molecule is CCCCCCCCCCCCCCCCCCCCOC[C@H](COP(=O)([O-])OCC[N+](C)(C)C)OCC[C@H](C)CCC[C@H](C)CCC[C@H](C)CCCC(C)C. The standard InChI is InChI=1S/C48H100NO6P/c1-10-11-12-13-14-15-16-17-18-19-20-21-22-23-24-25-26-27-39-52-42-48(43-55-56(50,51)54-41-38-49(7,8)9)53-40-37-47(6)36-30-35-46(5)34-29-33-45(4)32-28-31-44(2)3/h44-48H,10-43H2,1-9H3/t45-,46-,47-,48-/m1/s1. The molecule has 8 heteroatoms. The lowest BCUT2D eigenvalue weighted by Crippen LogP contribution is -2.37. The molecule has 0 aliphatic carbocycles. The molecule has 0 radical (unpaired) electrons. The summed E-state index contributed by atoms with van der Waals surface area (Å²) in [4.78, 5) is 12.5. The Hall–Kier alpha value is -0.0100. The van der Waals surface area contributed by atoms with Crippen LogP contribution in [0.3, 0.4) is 0 Å². The molecular weight excluding hydrogens is 718 g/mol. The molecule has 5 atom stereocenters. The van der Waals surface area contributed by atoms with Gasteiger partial charge >= 0.3 is 0 Å². The van der Waals surface area contributed by atoms with Crippen molar-refractivity contribution in [2.75, 3.05) is 60.7 Å². The third kappa shape index (κ3) is 42.1. The molecule has 0 saturated carbocycles. The van der Waals surface area contributed by atoms with Gasteiger partial charge in [-0.1, -0.05) is 208 Å². The third-order valence-electron chi connectivity index (χ3n) is 11.6. The summed E-state index contributed by atoms with van der Waals surface area (Å²) >= 11 is 0. The summed E-state index contributed by atoms with van der Waals surface area (Å²) in [5.74, 6) is 3.03. The van der Waals surface area contributed by atoms with E-state index >= 15 is 0 Å². The first-order chi connectivity index (χ1) is 26.7. The van der Waals surface area contributed by atoms with Gasteiger partial charge in [0.25, 0.3) is 7.82 Å². The van der Waals surface area contributed by atoms with Crippen molar-refractivity contribution >= 4 is 7.82 Å². The van der Waals surface area contributed by atoms with Crippen LogP contribution in [0.1, 0.15) is 221 Å². The monoisotopic (exact) mass is 818 g/mol. The van der Waals surface area contributed by atoms with E-state index < -0.39 is 13.9 Å². The molecule has 0 N–H and O–H groups in total. The summed E-state index contributed by atoms with van der Waals surface area (Å²) in [6.07, 6.45) is 36.9. The van der Waals surface area contributed by atoms with Crippen LogP contribution in [-0.4, -0.2) is 71.3 Å². The van der Waals surface area contributed by atoms with Gasteiger partial charge < -0.3 is 27.9 Å². The van der Waals surface area contributed by atoms with Gasteiger partial charge in [-0.2, -0.15) is 0 Å². The molecule has 7 nitrogen and oxygen atoms in total. The summed E-state index contributed by atoms with van der Waals surface area (Å²) in [5, 5.41) is 0. The molecule has 0 rings (SSSR count). The van der Waals surface area contributed by atoms with Crippen molar-refractivity contribution in [3.63, 3.8) is 0 Å². The molecule has 0 amide bonds. The van der Waals surface area contributed by atoms with Crippen molar-refractivity contribution in [1.29, 1.82) is 0 Å². The fourth-order valence-corrected chi connectivity index (χ4v) is 8.20. The summed E-state index contributed by atoms with van der Waals surface area (Å²) < 4.78 is 35.7. The van der Waals surface area contributed by atoms with Crippen LogP contribution in [0.4, 0.5) is 0 Å². The number of ether oxygens (including phenoxy) is 2. The molecule has 56 heavy (non-hydrogen) atoms. The van der Waals surface area contributed by atoms with Crippen LogP contribution in [-0.2, 0) is 23.1 Å². The van der Waals surface area contributed by atoms with Crippen molar-refractivity contribution in [3.05, 3.63) is 0 Å². The smallest absolute Gasteiger partial charge is 0.268 e. The maximum Gasteiger partial charge on any atom is 0.268 e. The number of phosphoric acid groups is 1. The number of unbranched alkanes of at least 4 members (excludes halogenated alkanes) is 17. The molecular formula is C48H100NO6P. The Morgan fingerprint density at radius 3 is 1.32 bits per heavy atom. The molecule has 1 unspecified atom stereocenters. The molecule has 0 aliphatic rings. The van der Waals surface area contributed by atoms with Crippen molar-refractivity contribution in [2.45, 2.75) is 227 Å². The maximum absolute atomic E-state index is 12.5. The summed E-state index contributed by atoms with van der Waals surface area (Å²) in [6.45, 7) is 16.3. The molecule has 338 valence electrons. The molecule has 0 aromatic carbocycles. The van der Waals surface area contributed by atoms with Crippen molar-refractivity contribution < 1.29 is 32.5 Å². The van der Waals surface area contributed by atoms with E-state index in [1.54, 1.807) is 0 Å². The van der Waals surface area contributed by atoms with Crippen molar-refractivity contribution in [1.82, 2.24) is 0 Å². The van der Waals surface area contributed by atoms with Gasteiger partial charge in [0.1, 0.15) is 19.3 Å². The van der Waals surface area contributed by atoms with Crippen LogP contribution < -0.4 is 4.89 Å². The van der Waals surface area contributed by atoms with E-state index in [2.05, 4.69) is 41.5 Å². The van der Waals surface area contributed by atoms with Gasteiger partial charge in [-0.3, -0.25) is 4.57 Å². The Labute approximate surface area is 351 Å². The summed E-state index contributed by atoms with van der Waals surface area (Å²) in [6, 6.07) is 0. The Kier molecular flexibility index (Phi) is 37.9. The Bertz CT molecular complexity index is 867. The number of likely N-dealkylation sites (N-methyl/N-ethyl adjacent to an activating group) is 1. The average molecular weight is 818 g/mol. The molecule has 0 fully saturated rings. The van der Waals surface area contributed by atoms with Gasteiger partial charge in [0.2, 0.25) is 0 Å². The minimum atomic E-state index is -4.41. The number of quaternary nitrogens is 1. The number of hydrogen-bond acceptors (Lipinski definition) is 6. The highest BCUT2D eigenvalue weighted by Crippen LogP contribution is 2.38. The maximum atomic E-state index is 12.5. The Morgan fingerprint density at radius 2 is 0.893 bits per heavy atom. The molecule has 0 aromatic rings. The number of rotatable bonds is 44. The van der Waals surface area contributed by atoms with E-state index in [1.807, 2.05) is 21.1 Å². The molecule has 0 spiro atoms. The first kappa shape index (κ1) is 56.0. The van der Waals surface area contributed by atoms with Crippen LogP contribution in [0.25, 0.3) is 0 Å². The molecule has 0 saturated heterocycles. The van der Waals surface area contributed by atoms with E-state index in [-0.39, 0.29) is 13.2 Å². The quantitative estimate of drug-likeness (QED) is 0.0346. The highest BCUT2D eigenvalue weighted by Gasteiger charge is 2.18. The molecule has 0 bridgehead atoms. The fourth-order valence-electron chi connectivity index (χ4n) is 7.48. The second-order valence-electron chi connectivity index (χ2n) is 19.5. The predicted octanol–water partition coefficient (Wildman–Crippen LogP) is 14.1. The summed E-state index contributed by atoms with van der Waals surface area (Å²) in [7, 11) is 1.60. The minimum Gasteiger partial charge on any atom is -0.756 e. The van der Waals surface area contributed by atoms with Gasteiger partial charge in [-0.15, -0.1) is 0 Å². The van der Waals surface area contributed by atoms with E-state index in [1.165, 1.54) is 167 Å². The zero-order valence-electron chi connectivity index (χ0n) is 39.3. The molecule has 0 aliphatic heterocycles. The van der Waals surface area contributed by atoms with Crippen LogP contribution in [0.15, 0.2) is 0 Å². The lowest BCUT2D eigenvalue weighted by Gasteiger charge is -2.28. The first-order valence-corrected chi connectivity index (χ1v) is 25.8.